The van der Waals surface area contributed by atoms with Gasteiger partial charge in [-0.15, -0.1) is 0 Å². The largest absolute Gasteiger partial charge is 0.433 e. The first-order valence-corrected chi connectivity index (χ1v) is 12.3. The average Bonchev–Trinajstić information content (AvgIpc) is 2.79. The number of aryl methyl sites for hydroxylation is 1. The molecule has 0 atom stereocenters. The van der Waals surface area contributed by atoms with Crippen LogP contribution in [-0.2, 0) is 29.2 Å². The van der Waals surface area contributed by atoms with Crippen LogP contribution in [0.3, 0.4) is 0 Å². The summed E-state index contributed by atoms with van der Waals surface area (Å²) >= 11 is 12.0. The summed E-state index contributed by atoms with van der Waals surface area (Å²) < 4.78 is 79.0. The molecule has 0 unspecified atom stereocenters. The van der Waals surface area contributed by atoms with E-state index in [2.05, 4.69) is 15.0 Å². The minimum atomic E-state index is -4.58. The lowest BCUT2D eigenvalue weighted by Crippen LogP contribution is -2.23. The lowest BCUT2D eigenvalue weighted by molar-refractivity contribution is -0.141. The van der Waals surface area contributed by atoms with Crippen LogP contribution in [0.4, 0.5) is 23.2 Å². The van der Waals surface area contributed by atoms with Gasteiger partial charge in [-0.1, -0.05) is 41.4 Å². The fourth-order valence-electron chi connectivity index (χ4n) is 2.92. The number of nitrogens with one attached hydrogen (secondary N) is 2. The number of sulfonamides is 1. The van der Waals surface area contributed by atoms with Crippen molar-refractivity contribution in [3.8, 4) is 0 Å². The molecule has 1 heterocycles. The fraction of sp³-hybridized carbons (Fsp3) is 0.182. The summed E-state index contributed by atoms with van der Waals surface area (Å²) in [5.74, 6) is -2.09. The number of hydrogen-bond donors (Lipinski definition) is 2. The summed E-state index contributed by atoms with van der Waals surface area (Å²) in [5, 5.41) is 2.94. The van der Waals surface area contributed by atoms with E-state index in [1.165, 1.54) is 6.07 Å². The van der Waals surface area contributed by atoms with Crippen molar-refractivity contribution in [1.29, 1.82) is 0 Å². The van der Waals surface area contributed by atoms with E-state index in [-0.39, 0.29) is 34.3 Å². The van der Waals surface area contributed by atoms with Gasteiger partial charge in [0.1, 0.15) is 11.5 Å². The highest BCUT2D eigenvalue weighted by molar-refractivity contribution is 7.92. The van der Waals surface area contributed by atoms with Crippen molar-refractivity contribution in [3.63, 3.8) is 0 Å². The molecule has 0 saturated carbocycles. The Morgan fingerprint density at radius 2 is 1.80 bits per heavy atom. The minimum absolute atomic E-state index is 0.0373. The lowest BCUT2D eigenvalue weighted by atomic mass is 10.2. The first-order chi connectivity index (χ1) is 16.4. The maximum Gasteiger partial charge on any atom is 0.433 e. The molecule has 3 aromatic rings. The normalized spacial score (nSPS) is 11.8. The Morgan fingerprint density at radius 1 is 1.06 bits per heavy atom. The molecule has 1 aromatic heterocycles. The van der Waals surface area contributed by atoms with Crippen molar-refractivity contribution in [2.45, 2.75) is 19.1 Å². The van der Waals surface area contributed by atoms with Gasteiger partial charge >= 0.3 is 6.18 Å². The molecule has 0 saturated heterocycles. The molecule has 0 aliphatic heterocycles. The van der Waals surface area contributed by atoms with Gasteiger partial charge in [0.2, 0.25) is 10.0 Å². The van der Waals surface area contributed by atoms with Gasteiger partial charge in [0, 0.05) is 18.3 Å². The molecule has 0 bridgehead atoms. The third-order valence-electron chi connectivity index (χ3n) is 4.74. The molecule has 1 amide bonds. The molecule has 0 aliphatic rings. The number of nitrogens with zero attached hydrogens (tertiary/aromatic N) is 1. The molecule has 0 spiro atoms. The molecule has 35 heavy (non-hydrogen) atoms. The molecular formula is C22H17Cl2F4N3O3S. The molecule has 0 radical (unpaired) electrons. The minimum Gasteiger partial charge on any atom is -0.348 e. The zero-order chi connectivity index (χ0) is 25.8. The van der Waals surface area contributed by atoms with E-state index in [0.29, 0.717) is 11.1 Å². The van der Waals surface area contributed by atoms with E-state index < -0.39 is 39.4 Å². The number of carbonyl (C=O) groups is 1. The van der Waals surface area contributed by atoms with E-state index >= 15 is 0 Å². The number of anilines is 1. The van der Waals surface area contributed by atoms with E-state index in [1.807, 2.05) is 0 Å². The van der Waals surface area contributed by atoms with Gasteiger partial charge in [-0.05, 0) is 47.9 Å². The first kappa shape index (κ1) is 26.7. The number of pyridine rings is 1. The molecular weight excluding hydrogens is 533 g/mol. The van der Waals surface area contributed by atoms with Crippen LogP contribution in [0.25, 0.3) is 0 Å². The quantitative estimate of drug-likeness (QED) is 0.365. The first-order valence-electron chi connectivity index (χ1n) is 9.89. The maximum atomic E-state index is 14.5. The Bertz CT molecular complexity index is 1330. The molecule has 2 aromatic carbocycles. The fourth-order valence-corrected chi connectivity index (χ4v) is 4.43. The van der Waals surface area contributed by atoms with Gasteiger partial charge in [-0.25, -0.2) is 12.8 Å². The SMILES string of the molecule is O=C(NCc1ccc(C(F)(F)F)nc1)c1ccc(NS(=O)(=O)CCc2cccc(Cl)c2Cl)c(F)c1. The highest BCUT2D eigenvalue weighted by Gasteiger charge is 2.32. The van der Waals surface area contributed by atoms with E-state index in [0.717, 1.165) is 30.5 Å². The van der Waals surface area contributed by atoms with E-state index in [9.17, 15) is 30.8 Å². The molecule has 13 heteroatoms. The number of alkyl halides is 3. The van der Waals surface area contributed by atoms with Crippen molar-refractivity contribution in [2.75, 3.05) is 10.5 Å². The van der Waals surface area contributed by atoms with Crippen molar-refractivity contribution < 1.29 is 30.8 Å². The van der Waals surface area contributed by atoms with Gasteiger partial charge in [-0.3, -0.25) is 14.5 Å². The van der Waals surface area contributed by atoms with Crippen molar-refractivity contribution in [3.05, 3.63) is 93.0 Å². The molecule has 2 N–H and O–H groups in total. The highest BCUT2D eigenvalue weighted by atomic mass is 35.5. The zero-order valence-corrected chi connectivity index (χ0v) is 20.0. The Morgan fingerprint density at radius 3 is 2.43 bits per heavy atom. The van der Waals surface area contributed by atoms with Crippen molar-refractivity contribution in [2.24, 2.45) is 0 Å². The van der Waals surface area contributed by atoms with Crippen LogP contribution >= 0.6 is 23.2 Å². The van der Waals surface area contributed by atoms with Gasteiger partial charge in [0.05, 0.1) is 21.5 Å². The van der Waals surface area contributed by atoms with Crippen LogP contribution in [0.2, 0.25) is 10.0 Å². The Balaban J connectivity index is 1.60. The van der Waals surface area contributed by atoms with Crippen molar-refractivity contribution in [1.82, 2.24) is 10.3 Å². The average molecular weight is 550 g/mol. The summed E-state index contributed by atoms with van der Waals surface area (Å²) in [4.78, 5) is 15.6. The van der Waals surface area contributed by atoms with E-state index in [1.54, 1.807) is 18.2 Å². The number of benzene rings is 2. The van der Waals surface area contributed by atoms with Gasteiger partial charge in [-0.2, -0.15) is 13.2 Å². The maximum absolute atomic E-state index is 14.5. The summed E-state index contributed by atoms with van der Waals surface area (Å²) in [5.41, 5.74) is -0.721. The lowest BCUT2D eigenvalue weighted by Gasteiger charge is -2.11. The van der Waals surface area contributed by atoms with Crippen LogP contribution in [-0.4, -0.2) is 25.1 Å². The number of rotatable bonds is 8. The summed E-state index contributed by atoms with van der Waals surface area (Å²) in [7, 11) is -3.96. The van der Waals surface area contributed by atoms with Crippen molar-refractivity contribution >= 4 is 44.8 Å². The Kier molecular flexibility index (Phi) is 8.24. The molecule has 186 valence electrons. The standard InChI is InChI=1S/C22H17Cl2F4N3O3S/c23-16-3-1-2-14(20(16)24)8-9-35(33,34)31-18-6-5-15(10-17(18)25)21(32)30-12-13-4-7-19(29-11-13)22(26,27)28/h1-7,10-11,31H,8-9,12H2,(H,30,32). The van der Waals surface area contributed by atoms with E-state index in [4.69, 9.17) is 23.2 Å². The third-order valence-corrected chi connectivity index (χ3v) is 6.87. The number of aromatic nitrogens is 1. The third kappa shape index (κ3) is 7.30. The second kappa shape index (κ2) is 10.8. The predicted octanol–water partition coefficient (Wildman–Crippen LogP) is 5.46. The predicted molar refractivity (Wildman–Crippen MR) is 124 cm³/mol. The molecule has 0 aliphatic carbocycles. The van der Waals surface area contributed by atoms with Gasteiger partial charge in [0.25, 0.3) is 5.91 Å². The number of carbonyl (C=O) groups excluding carboxylic acids is 1. The summed E-state index contributed by atoms with van der Waals surface area (Å²) in [6, 6.07) is 9.88. The van der Waals surface area contributed by atoms with Crippen LogP contribution in [0, 0.1) is 5.82 Å². The Hall–Kier alpha value is -2.89. The van der Waals surface area contributed by atoms with Crippen LogP contribution in [0.1, 0.15) is 27.2 Å². The number of amides is 1. The van der Waals surface area contributed by atoms with Gasteiger partial charge in [0.15, 0.2) is 0 Å². The second-order valence-corrected chi connectivity index (χ2v) is 9.94. The zero-order valence-electron chi connectivity index (χ0n) is 17.7. The van der Waals surface area contributed by atoms with Gasteiger partial charge < -0.3 is 5.32 Å². The van der Waals surface area contributed by atoms with Crippen LogP contribution in [0.15, 0.2) is 54.7 Å². The van der Waals surface area contributed by atoms with Crippen LogP contribution in [0.5, 0.6) is 0 Å². The summed E-state index contributed by atoms with van der Waals surface area (Å²) in [6.07, 6.45) is -3.57. The monoisotopic (exact) mass is 549 g/mol. The van der Waals surface area contributed by atoms with Crippen LogP contribution < -0.4 is 10.0 Å². The molecule has 3 rings (SSSR count). The topological polar surface area (TPSA) is 88.2 Å². The number of halogens is 6. The summed E-state index contributed by atoms with van der Waals surface area (Å²) in [6.45, 7) is -0.147. The second-order valence-electron chi connectivity index (χ2n) is 7.31. The Labute approximate surface area is 208 Å². The smallest absolute Gasteiger partial charge is 0.348 e. The highest BCUT2D eigenvalue weighted by Crippen LogP contribution is 2.28. The number of hydrogen-bond acceptors (Lipinski definition) is 4. The molecule has 0 fully saturated rings. The molecule has 6 nitrogen and oxygen atoms in total.